The lowest BCUT2D eigenvalue weighted by molar-refractivity contribution is 0.148. The van der Waals surface area contributed by atoms with Crippen LogP contribution in [0.1, 0.15) is 5.56 Å². The third-order valence-electron chi connectivity index (χ3n) is 5.83. The molecule has 0 spiro atoms. The Kier molecular flexibility index (Phi) is 5.56. The number of pyridine rings is 2. The highest BCUT2D eigenvalue weighted by molar-refractivity contribution is 5.65. The second-order valence-electron chi connectivity index (χ2n) is 8.02. The summed E-state index contributed by atoms with van der Waals surface area (Å²) in [6.45, 7) is 5.22. The predicted molar refractivity (Wildman–Crippen MR) is 123 cm³/mol. The predicted octanol–water partition coefficient (Wildman–Crippen LogP) is 3.74. The summed E-state index contributed by atoms with van der Waals surface area (Å²) < 4.78 is 1.99. The topological polar surface area (TPSA) is 50.1 Å². The van der Waals surface area contributed by atoms with Crippen LogP contribution in [0.2, 0.25) is 0 Å². The van der Waals surface area contributed by atoms with Crippen LogP contribution in [-0.4, -0.2) is 62.8 Å². The van der Waals surface area contributed by atoms with Crippen molar-refractivity contribution >= 4 is 0 Å². The fourth-order valence-electron chi connectivity index (χ4n) is 4.04. The van der Waals surface area contributed by atoms with Crippen molar-refractivity contribution in [2.45, 2.75) is 6.54 Å². The number of aromatic nitrogens is 4. The Labute approximate surface area is 182 Å². The third kappa shape index (κ3) is 4.26. The van der Waals surface area contributed by atoms with Gasteiger partial charge < -0.3 is 4.90 Å². The number of hydrogen-bond acceptors (Lipinski definition) is 5. The number of likely N-dealkylation sites (N-methyl/N-ethyl adjacent to an activating group) is 1. The van der Waals surface area contributed by atoms with Gasteiger partial charge >= 0.3 is 0 Å². The van der Waals surface area contributed by atoms with Crippen LogP contribution in [0.4, 0.5) is 0 Å². The zero-order chi connectivity index (χ0) is 21.0. The maximum Gasteiger partial charge on any atom is 0.0836 e. The van der Waals surface area contributed by atoms with Gasteiger partial charge in [-0.1, -0.05) is 30.3 Å². The lowest BCUT2D eigenvalue weighted by Gasteiger charge is -2.32. The van der Waals surface area contributed by atoms with Gasteiger partial charge in [0.05, 0.1) is 29.5 Å². The van der Waals surface area contributed by atoms with Gasteiger partial charge in [0.25, 0.3) is 0 Å². The highest BCUT2D eigenvalue weighted by atomic mass is 15.3. The van der Waals surface area contributed by atoms with Gasteiger partial charge in [-0.05, 0) is 31.3 Å². The first-order chi connectivity index (χ1) is 15.3. The molecule has 1 aliphatic heterocycles. The van der Waals surface area contributed by atoms with E-state index in [9.17, 15) is 0 Å². The van der Waals surface area contributed by atoms with Crippen LogP contribution in [0.3, 0.4) is 0 Å². The van der Waals surface area contributed by atoms with Crippen LogP contribution < -0.4 is 0 Å². The molecule has 1 saturated heterocycles. The quantitative estimate of drug-likeness (QED) is 0.502. The van der Waals surface area contributed by atoms with Gasteiger partial charge in [0.15, 0.2) is 0 Å². The summed E-state index contributed by atoms with van der Waals surface area (Å²) in [6.07, 6.45) is 7.61. The van der Waals surface area contributed by atoms with Gasteiger partial charge in [0.2, 0.25) is 0 Å². The van der Waals surface area contributed by atoms with Crippen LogP contribution in [-0.2, 0) is 6.54 Å². The lowest BCUT2D eigenvalue weighted by Crippen LogP contribution is -2.43. The average molecular weight is 411 g/mol. The zero-order valence-electron chi connectivity index (χ0n) is 17.7. The highest BCUT2D eigenvalue weighted by Gasteiger charge is 2.20. The zero-order valence-corrected chi connectivity index (χ0v) is 17.7. The van der Waals surface area contributed by atoms with E-state index in [1.165, 1.54) is 5.56 Å². The molecule has 4 aromatic rings. The molecule has 0 unspecified atom stereocenters. The molecular weight excluding hydrogens is 384 g/mol. The van der Waals surface area contributed by atoms with Crippen LogP contribution >= 0.6 is 0 Å². The fourth-order valence-corrected chi connectivity index (χ4v) is 4.04. The minimum atomic E-state index is 0.883. The molecule has 4 heterocycles. The van der Waals surface area contributed by atoms with E-state index in [4.69, 9.17) is 10.1 Å². The Balaban J connectivity index is 1.49. The molecule has 0 radical (unpaired) electrons. The molecule has 0 N–H and O–H groups in total. The molecule has 6 nitrogen and oxygen atoms in total. The van der Waals surface area contributed by atoms with Crippen molar-refractivity contribution in [2.24, 2.45) is 0 Å². The Bertz CT molecular complexity index is 1110. The van der Waals surface area contributed by atoms with Crippen molar-refractivity contribution in [1.82, 2.24) is 29.5 Å². The number of nitrogens with zero attached hydrogens (tertiary/aromatic N) is 6. The molecule has 1 aromatic carbocycles. The molecule has 1 aliphatic rings. The van der Waals surface area contributed by atoms with E-state index in [0.29, 0.717) is 0 Å². The van der Waals surface area contributed by atoms with Crippen LogP contribution in [0.5, 0.6) is 0 Å². The summed E-state index contributed by atoms with van der Waals surface area (Å²) in [5.41, 5.74) is 6.38. The number of hydrogen-bond donors (Lipinski definition) is 0. The largest absolute Gasteiger partial charge is 0.304 e. The minimum Gasteiger partial charge on any atom is -0.304 e. The van der Waals surface area contributed by atoms with Crippen molar-refractivity contribution in [3.05, 3.63) is 84.9 Å². The normalized spacial score (nSPS) is 15.3. The summed E-state index contributed by atoms with van der Waals surface area (Å²) in [4.78, 5) is 13.9. The van der Waals surface area contributed by atoms with E-state index in [0.717, 1.165) is 60.9 Å². The second-order valence-corrected chi connectivity index (χ2v) is 8.02. The third-order valence-corrected chi connectivity index (χ3v) is 5.83. The lowest BCUT2D eigenvalue weighted by atomic mass is 10.1. The Hall–Kier alpha value is -3.35. The van der Waals surface area contributed by atoms with Crippen molar-refractivity contribution < 1.29 is 0 Å². The molecule has 1 fully saturated rings. The molecule has 156 valence electrons. The Morgan fingerprint density at radius 2 is 1.61 bits per heavy atom. The van der Waals surface area contributed by atoms with Crippen molar-refractivity contribution in [1.29, 1.82) is 0 Å². The standard InChI is InChI=1S/C25H26N6/c1-29-12-14-30(15-13-29)19-22-17-28-31(25(22)21-8-5-11-26-16-21)23-9-10-24(27-18-23)20-6-3-2-4-7-20/h2-11,16-18H,12-15,19H2,1H3. The average Bonchev–Trinajstić information content (AvgIpc) is 3.25. The number of rotatable bonds is 5. The number of piperazine rings is 1. The van der Waals surface area contributed by atoms with Gasteiger partial charge in [-0.2, -0.15) is 5.10 Å². The second kappa shape index (κ2) is 8.79. The van der Waals surface area contributed by atoms with Crippen molar-refractivity contribution in [2.75, 3.05) is 33.2 Å². The van der Waals surface area contributed by atoms with E-state index in [1.54, 1.807) is 6.20 Å². The van der Waals surface area contributed by atoms with Gasteiger partial charge in [0, 0.05) is 61.8 Å². The summed E-state index contributed by atoms with van der Waals surface area (Å²) in [6, 6.07) is 18.4. The van der Waals surface area contributed by atoms with Crippen molar-refractivity contribution in [3.8, 4) is 28.2 Å². The molecule has 0 amide bonds. The monoisotopic (exact) mass is 410 g/mol. The fraction of sp³-hybridized carbons (Fsp3) is 0.240. The summed E-state index contributed by atoms with van der Waals surface area (Å²) >= 11 is 0. The van der Waals surface area contributed by atoms with Gasteiger partial charge in [0.1, 0.15) is 0 Å². The molecule has 31 heavy (non-hydrogen) atoms. The molecule has 5 rings (SSSR count). The molecule has 0 saturated carbocycles. The minimum absolute atomic E-state index is 0.883. The first kappa shape index (κ1) is 19.6. The smallest absolute Gasteiger partial charge is 0.0836 e. The molecule has 0 aliphatic carbocycles. The van der Waals surface area contributed by atoms with E-state index in [2.05, 4.69) is 52.2 Å². The van der Waals surface area contributed by atoms with E-state index < -0.39 is 0 Å². The molecule has 6 heteroatoms. The van der Waals surface area contributed by atoms with Gasteiger partial charge in [-0.25, -0.2) is 4.68 Å². The van der Waals surface area contributed by atoms with E-state index in [1.807, 2.05) is 47.5 Å². The maximum absolute atomic E-state index is 4.76. The first-order valence-electron chi connectivity index (χ1n) is 10.7. The summed E-state index contributed by atoms with van der Waals surface area (Å²) in [5.74, 6) is 0. The Morgan fingerprint density at radius 1 is 0.806 bits per heavy atom. The van der Waals surface area contributed by atoms with Gasteiger partial charge in [-0.3, -0.25) is 14.9 Å². The highest BCUT2D eigenvalue weighted by Crippen LogP contribution is 2.28. The molecule has 0 bridgehead atoms. The summed E-state index contributed by atoms with van der Waals surface area (Å²) in [7, 11) is 2.18. The van der Waals surface area contributed by atoms with Crippen LogP contribution in [0, 0.1) is 0 Å². The van der Waals surface area contributed by atoms with Crippen LogP contribution in [0.25, 0.3) is 28.2 Å². The van der Waals surface area contributed by atoms with Crippen molar-refractivity contribution in [3.63, 3.8) is 0 Å². The Morgan fingerprint density at radius 3 is 2.32 bits per heavy atom. The summed E-state index contributed by atoms with van der Waals surface area (Å²) in [5, 5.41) is 4.76. The maximum atomic E-state index is 4.76. The molecule has 3 aromatic heterocycles. The van der Waals surface area contributed by atoms with E-state index in [-0.39, 0.29) is 0 Å². The van der Waals surface area contributed by atoms with Gasteiger partial charge in [-0.15, -0.1) is 0 Å². The number of benzene rings is 1. The molecular formula is C25H26N6. The first-order valence-corrected chi connectivity index (χ1v) is 10.7. The van der Waals surface area contributed by atoms with E-state index >= 15 is 0 Å². The molecule has 0 atom stereocenters. The SMILES string of the molecule is CN1CCN(Cc2cnn(-c3ccc(-c4ccccc4)nc3)c2-c2cccnc2)CC1. The van der Waals surface area contributed by atoms with Crippen LogP contribution in [0.15, 0.2) is 79.4 Å².